The van der Waals surface area contributed by atoms with Gasteiger partial charge in [0.05, 0.1) is 6.54 Å². The normalized spacial score (nSPS) is 11.4. The number of halogens is 1. The molecule has 108 valence electrons. The summed E-state index contributed by atoms with van der Waals surface area (Å²) in [5, 5.41) is 3.56. The molecule has 0 aliphatic carbocycles. The summed E-state index contributed by atoms with van der Waals surface area (Å²) in [5.41, 5.74) is 1.04. The summed E-state index contributed by atoms with van der Waals surface area (Å²) in [5.74, 6) is 0.865. The maximum absolute atomic E-state index is 12.3. The molecule has 3 rings (SSSR count). The molecular weight excluding hydrogens is 304 g/mol. The fourth-order valence-electron chi connectivity index (χ4n) is 2.42. The summed E-state index contributed by atoms with van der Waals surface area (Å²) in [6, 6.07) is 9.60. The van der Waals surface area contributed by atoms with Gasteiger partial charge in [0.25, 0.3) is 5.56 Å². The van der Waals surface area contributed by atoms with Crippen LogP contribution in [-0.2, 0) is 6.54 Å². The SMILES string of the molecule is CC(C)c1nc(Cl)cc(=O)n1Cc1csc2ccccc12. The predicted octanol–water partition coefficient (Wildman–Crippen LogP) is 4.28. The van der Waals surface area contributed by atoms with E-state index in [2.05, 4.69) is 22.5 Å². The van der Waals surface area contributed by atoms with Crippen molar-refractivity contribution in [1.82, 2.24) is 9.55 Å². The average molecular weight is 319 g/mol. The fourth-order valence-corrected chi connectivity index (χ4v) is 3.55. The van der Waals surface area contributed by atoms with E-state index >= 15 is 0 Å². The lowest BCUT2D eigenvalue weighted by Gasteiger charge is -2.14. The van der Waals surface area contributed by atoms with Gasteiger partial charge in [0.2, 0.25) is 0 Å². The smallest absolute Gasteiger partial charge is 0.255 e. The third-order valence-corrected chi connectivity index (χ3v) is 4.62. The van der Waals surface area contributed by atoms with Crippen molar-refractivity contribution in [2.75, 3.05) is 0 Å². The van der Waals surface area contributed by atoms with Crippen molar-refractivity contribution in [2.45, 2.75) is 26.3 Å². The summed E-state index contributed by atoms with van der Waals surface area (Å²) in [6.07, 6.45) is 0. The van der Waals surface area contributed by atoms with Gasteiger partial charge in [0.1, 0.15) is 11.0 Å². The average Bonchev–Trinajstić information content (AvgIpc) is 2.84. The minimum atomic E-state index is -0.103. The van der Waals surface area contributed by atoms with Gasteiger partial charge in [-0.05, 0) is 22.4 Å². The van der Waals surface area contributed by atoms with Crippen LogP contribution in [0.2, 0.25) is 5.15 Å². The summed E-state index contributed by atoms with van der Waals surface area (Å²) in [6.45, 7) is 4.56. The van der Waals surface area contributed by atoms with E-state index in [9.17, 15) is 4.79 Å². The van der Waals surface area contributed by atoms with E-state index in [1.54, 1.807) is 15.9 Å². The Bertz CT molecular complexity index is 851. The molecule has 0 saturated carbocycles. The maximum atomic E-state index is 12.3. The first-order chi connectivity index (χ1) is 10.1. The highest BCUT2D eigenvalue weighted by atomic mass is 35.5. The van der Waals surface area contributed by atoms with E-state index in [0.717, 1.165) is 11.4 Å². The molecule has 1 aromatic carbocycles. The zero-order valence-electron chi connectivity index (χ0n) is 11.8. The van der Waals surface area contributed by atoms with Gasteiger partial charge in [-0.25, -0.2) is 4.98 Å². The van der Waals surface area contributed by atoms with E-state index in [1.807, 2.05) is 26.0 Å². The molecule has 0 atom stereocenters. The van der Waals surface area contributed by atoms with Crippen LogP contribution in [0.3, 0.4) is 0 Å². The van der Waals surface area contributed by atoms with E-state index < -0.39 is 0 Å². The van der Waals surface area contributed by atoms with Crippen LogP contribution in [0.25, 0.3) is 10.1 Å². The topological polar surface area (TPSA) is 34.9 Å². The monoisotopic (exact) mass is 318 g/mol. The molecule has 0 fully saturated rings. The fraction of sp³-hybridized carbons (Fsp3) is 0.250. The van der Waals surface area contributed by atoms with Gasteiger partial charge in [-0.2, -0.15) is 0 Å². The number of fused-ring (bicyclic) bond motifs is 1. The number of thiophene rings is 1. The molecule has 0 aliphatic heterocycles. The second-order valence-electron chi connectivity index (χ2n) is 5.27. The summed E-state index contributed by atoms with van der Waals surface area (Å²) >= 11 is 7.62. The summed E-state index contributed by atoms with van der Waals surface area (Å²) in [4.78, 5) is 16.6. The van der Waals surface area contributed by atoms with Crippen LogP contribution in [0.5, 0.6) is 0 Å². The summed E-state index contributed by atoms with van der Waals surface area (Å²) < 4.78 is 2.94. The number of hydrogen-bond donors (Lipinski definition) is 0. The molecule has 0 saturated heterocycles. The molecule has 0 amide bonds. The largest absolute Gasteiger partial charge is 0.292 e. The van der Waals surface area contributed by atoms with Gasteiger partial charge >= 0.3 is 0 Å². The van der Waals surface area contributed by atoms with E-state index in [0.29, 0.717) is 6.54 Å². The molecule has 0 aliphatic rings. The second-order valence-corrected chi connectivity index (χ2v) is 6.57. The zero-order chi connectivity index (χ0) is 15.0. The van der Waals surface area contributed by atoms with Gasteiger partial charge in [0.15, 0.2) is 0 Å². The predicted molar refractivity (Wildman–Crippen MR) is 88.5 cm³/mol. The molecule has 0 spiro atoms. The van der Waals surface area contributed by atoms with Crippen molar-refractivity contribution < 1.29 is 0 Å². The van der Waals surface area contributed by atoms with Gasteiger partial charge in [-0.15, -0.1) is 11.3 Å². The molecule has 3 nitrogen and oxygen atoms in total. The number of benzene rings is 1. The number of rotatable bonds is 3. The lowest BCUT2D eigenvalue weighted by Crippen LogP contribution is -2.25. The number of hydrogen-bond acceptors (Lipinski definition) is 3. The third kappa shape index (κ3) is 2.74. The van der Waals surface area contributed by atoms with E-state index in [1.165, 1.54) is 16.2 Å². The molecule has 21 heavy (non-hydrogen) atoms. The van der Waals surface area contributed by atoms with Gasteiger partial charge in [0, 0.05) is 16.7 Å². The number of aromatic nitrogens is 2. The Hall–Kier alpha value is -1.65. The van der Waals surface area contributed by atoms with Crippen LogP contribution in [0, 0.1) is 0 Å². The van der Waals surface area contributed by atoms with Crippen molar-refractivity contribution in [3.63, 3.8) is 0 Å². The lowest BCUT2D eigenvalue weighted by molar-refractivity contribution is 0.627. The maximum Gasteiger partial charge on any atom is 0.255 e. The Kier molecular flexibility index (Phi) is 3.83. The Morgan fingerprint density at radius 2 is 2.10 bits per heavy atom. The molecular formula is C16H15ClN2OS. The molecule has 0 unspecified atom stereocenters. The standard InChI is InChI=1S/C16H15ClN2OS/c1-10(2)16-18-14(17)7-15(20)19(16)8-11-9-21-13-6-4-3-5-12(11)13/h3-7,9-10H,8H2,1-2H3. The Labute approximate surface area is 131 Å². The third-order valence-electron chi connectivity index (χ3n) is 3.41. The second kappa shape index (κ2) is 5.62. The van der Waals surface area contributed by atoms with E-state index in [-0.39, 0.29) is 16.6 Å². The first-order valence-electron chi connectivity index (χ1n) is 6.78. The Balaban J connectivity index is 2.12. The van der Waals surface area contributed by atoms with E-state index in [4.69, 9.17) is 11.6 Å². The van der Waals surface area contributed by atoms with Crippen LogP contribution in [-0.4, -0.2) is 9.55 Å². The highest BCUT2D eigenvalue weighted by Crippen LogP contribution is 2.26. The minimum Gasteiger partial charge on any atom is -0.292 e. The molecule has 5 heteroatoms. The highest BCUT2D eigenvalue weighted by Gasteiger charge is 2.13. The Morgan fingerprint density at radius 1 is 1.33 bits per heavy atom. The molecule has 0 N–H and O–H groups in total. The lowest BCUT2D eigenvalue weighted by atomic mass is 10.1. The zero-order valence-corrected chi connectivity index (χ0v) is 13.4. The summed E-state index contributed by atoms with van der Waals surface area (Å²) in [7, 11) is 0. The van der Waals surface area contributed by atoms with Crippen LogP contribution < -0.4 is 5.56 Å². The van der Waals surface area contributed by atoms with Crippen molar-refractivity contribution in [1.29, 1.82) is 0 Å². The molecule has 2 heterocycles. The molecule has 0 bridgehead atoms. The van der Waals surface area contributed by atoms with Gasteiger partial charge < -0.3 is 0 Å². The molecule has 2 aromatic heterocycles. The number of nitrogens with zero attached hydrogens (tertiary/aromatic N) is 2. The van der Waals surface area contributed by atoms with Crippen molar-refractivity contribution in [3.8, 4) is 0 Å². The highest BCUT2D eigenvalue weighted by molar-refractivity contribution is 7.17. The van der Waals surface area contributed by atoms with Crippen LogP contribution in [0.15, 0.2) is 40.5 Å². The van der Waals surface area contributed by atoms with Crippen LogP contribution in [0.1, 0.15) is 31.2 Å². The van der Waals surface area contributed by atoms with Gasteiger partial charge in [-0.3, -0.25) is 9.36 Å². The molecule has 0 radical (unpaired) electrons. The Morgan fingerprint density at radius 3 is 2.86 bits per heavy atom. The molecule has 3 aromatic rings. The first kappa shape index (κ1) is 14.3. The van der Waals surface area contributed by atoms with Crippen molar-refractivity contribution in [3.05, 3.63) is 62.6 Å². The minimum absolute atomic E-state index is 0.103. The quantitative estimate of drug-likeness (QED) is 0.675. The van der Waals surface area contributed by atoms with Gasteiger partial charge in [-0.1, -0.05) is 43.6 Å². The first-order valence-corrected chi connectivity index (χ1v) is 8.04. The van der Waals surface area contributed by atoms with Crippen molar-refractivity contribution in [2.24, 2.45) is 0 Å². The van der Waals surface area contributed by atoms with Crippen LogP contribution >= 0.6 is 22.9 Å². The van der Waals surface area contributed by atoms with Crippen molar-refractivity contribution >= 4 is 33.0 Å². The van der Waals surface area contributed by atoms with Crippen LogP contribution in [0.4, 0.5) is 0 Å².